The van der Waals surface area contributed by atoms with Gasteiger partial charge in [-0.3, -0.25) is 4.79 Å². The fourth-order valence-electron chi connectivity index (χ4n) is 4.80. The Labute approximate surface area is 223 Å². The summed E-state index contributed by atoms with van der Waals surface area (Å²) in [5.74, 6) is -0.260. The number of rotatable bonds is 9. The van der Waals surface area contributed by atoms with E-state index >= 15 is 0 Å². The molecule has 0 spiro atoms. The fraction of sp³-hybridized carbons (Fsp3) is 0.357. The number of amides is 1. The van der Waals surface area contributed by atoms with Crippen LogP contribution >= 0.6 is 0 Å². The lowest BCUT2D eigenvalue weighted by Crippen LogP contribution is -2.29. The molecule has 0 saturated heterocycles. The predicted octanol–water partition coefficient (Wildman–Crippen LogP) is 4.64. The van der Waals surface area contributed by atoms with E-state index in [0.717, 1.165) is 11.6 Å². The van der Waals surface area contributed by atoms with E-state index in [0.29, 0.717) is 47.6 Å². The van der Waals surface area contributed by atoms with Crippen LogP contribution in [-0.2, 0) is 35.2 Å². The monoisotopic (exact) mass is 542 g/mol. The van der Waals surface area contributed by atoms with Crippen molar-refractivity contribution in [3.63, 3.8) is 0 Å². The van der Waals surface area contributed by atoms with Crippen molar-refractivity contribution in [3.8, 4) is 0 Å². The number of anilines is 1. The lowest BCUT2D eigenvalue weighted by Gasteiger charge is -2.21. The lowest BCUT2D eigenvalue weighted by atomic mass is 9.99. The van der Waals surface area contributed by atoms with Crippen LogP contribution in [0.15, 0.2) is 42.5 Å². The van der Waals surface area contributed by atoms with Crippen molar-refractivity contribution >= 4 is 24.0 Å². The minimum atomic E-state index is -4.55. The molecule has 3 aromatic rings. The minimum absolute atomic E-state index is 0.0132. The zero-order chi connectivity index (χ0) is 28.3. The number of aryl methyl sites for hydroxylation is 2. The van der Waals surface area contributed by atoms with Gasteiger partial charge < -0.3 is 19.7 Å². The molecule has 0 aliphatic carbocycles. The number of carbonyl (C=O) groups is 3. The molecule has 1 amide bonds. The van der Waals surface area contributed by atoms with E-state index in [9.17, 15) is 27.6 Å². The molecule has 11 heteroatoms. The first-order chi connectivity index (χ1) is 18.5. The Morgan fingerprint density at radius 1 is 1.15 bits per heavy atom. The van der Waals surface area contributed by atoms with E-state index in [1.807, 2.05) is 11.8 Å². The maximum atomic E-state index is 13.7. The summed E-state index contributed by atoms with van der Waals surface area (Å²) in [7, 11) is 1.30. The molecule has 1 aromatic heterocycles. The largest absolute Gasteiger partial charge is 0.465 e. The Morgan fingerprint density at radius 3 is 2.51 bits per heavy atom. The number of carbonyl (C=O) groups excluding carboxylic acids is 3. The van der Waals surface area contributed by atoms with Gasteiger partial charge in [-0.05, 0) is 55.2 Å². The molecule has 8 nitrogen and oxygen atoms in total. The number of nitrogens with zero attached hydrogens (tertiary/aromatic N) is 3. The summed E-state index contributed by atoms with van der Waals surface area (Å²) < 4.78 is 47.6. The van der Waals surface area contributed by atoms with Gasteiger partial charge in [0.1, 0.15) is 17.7 Å². The highest BCUT2D eigenvalue weighted by atomic mass is 19.4. The van der Waals surface area contributed by atoms with Crippen molar-refractivity contribution in [2.24, 2.45) is 0 Å². The Morgan fingerprint density at radius 2 is 1.87 bits per heavy atom. The van der Waals surface area contributed by atoms with Gasteiger partial charge in [0.05, 0.1) is 36.5 Å². The quantitative estimate of drug-likeness (QED) is 0.313. The summed E-state index contributed by atoms with van der Waals surface area (Å²) in [6.45, 7) is 4.68. The molecule has 1 aliphatic heterocycles. The second-order valence-corrected chi connectivity index (χ2v) is 9.43. The topological polar surface area (TPSA) is 93.5 Å². The molecule has 0 bridgehead atoms. The van der Waals surface area contributed by atoms with E-state index in [4.69, 9.17) is 4.74 Å². The van der Waals surface area contributed by atoms with Gasteiger partial charge in [0, 0.05) is 19.5 Å². The zero-order valence-electron chi connectivity index (χ0n) is 21.8. The molecule has 4 rings (SSSR count). The van der Waals surface area contributed by atoms with Gasteiger partial charge in [-0.2, -0.15) is 18.3 Å². The summed E-state index contributed by atoms with van der Waals surface area (Å²) >= 11 is 0. The highest BCUT2D eigenvalue weighted by molar-refractivity contribution is 6.00. The average molecular weight is 543 g/mol. The molecule has 0 unspecified atom stereocenters. The molecule has 39 heavy (non-hydrogen) atoms. The first-order valence-corrected chi connectivity index (χ1v) is 12.5. The molecular formula is C28H29F3N4O4. The van der Waals surface area contributed by atoms with Crippen molar-refractivity contribution in [1.29, 1.82) is 0 Å². The van der Waals surface area contributed by atoms with Crippen molar-refractivity contribution in [1.82, 2.24) is 15.1 Å². The second-order valence-electron chi connectivity index (χ2n) is 9.43. The van der Waals surface area contributed by atoms with Gasteiger partial charge in [-0.1, -0.05) is 24.3 Å². The number of aromatic nitrogens is 2. The van der Waals surface area contributed by atoms with Crippen molar-refractivity contribution in [2.75, 3.05) is 18.6 Å². The fourth-order valence-corrected chi connectivity index (χ4v) is 4.80. The van der Waals surface area contributed by atoms with Crippen LogP contribution < -0.4 is 10.2 Å². The summed E-state index contributed by atoms with van der Waals surface area (Å²) in [6, 6.07) is 10.5. The molecule has 1 aliphatic rings. The van der Waals surface area contributed by atoms with Crippen LogP contribution in [0.5, 0.6) is 0 Å². The van der Waals surface area contributed by atoms with E-state index in [1.165, 1.54) is 13.2 Å². The Balaban J connectivity index is 1.55. The van der Waals surface area contributed by atoms with Gasteiger partial charge in [0.25, 0.3) is 5.91 Å². The molecule has 0 saturated carbocycles. The molecule has 1 N–H and O–H groups in total. The van der Waals surface area contributed by atoms with Crippen LogP contribution in [0.2, 0.25) is 0 Å². The number of hydrogen-bond acceptors (Lipinski definition) is 6. The van der Waals surface area contributed by atoms with E-state index in [2.05, 4.69) is 10.4 Å². The Hall–Kier alpha value is -4.15. The van der Waals surface area contributed by atoms with Crippen LogP contribution in [0, 0.1) is 6.92 Å². The van der Waals surface area contributed by atoms with Crippen LogP contribution in [0.25, 0.3) is 0 Å². The molecule has 0 radical (unpaired) electrons. The maximum Gasteiger partial charge on any atom is 0.416 e. The zero-order valence-corrected chi connectivity index (χ0v) is 21.8. The van der Waals surface area contributed by atoms with Crippen LogP contribution in [0.4, 0.5) is 19.0 Å². The summed E-state index contributed by atoms with van der Waals surface area (Å²) in [5.41, 5.74) is 1.82. The smallest absolute Gasteiger partial charge is 0.416 e. The molecule has 0 fully saturated rings. The Bertz CT molecular complexity index is 1380. The highest BCUT2D eigenvalue weighted by Crippen LogP contribution is 2.35. The van der Waals surface area contributed by atoms with Crippen LogP contribution in [0.1, 0.15) is 68.1 Å². The van der Waals surface area contributed by atoms with Crippen molar-refractivity contribution in [3.05, 3.63) is 81.5 Å². The first-order valence-electron chi connectivity index (χ1n) is 12.5. The molecule has 206 valence electrons. The number of methoxy groups -OCH3 is 1. The van der Waals surface area contributed by atoms with E-state index in [-0.39, 0.29) is 36.9 Å². The van der Waals surface area contributed by atoms with E-state index < -0.39 is 17.7 Å². The first kappa shape index (κ1) is 27.9. The Kier molecular flexibility index (Phi) is 8.08. The number of alkyl halides is 3. The second kappa shape index (κ2) is 11.3. The van der Waals surface area contributed by atoms with Gasteiger partial charge in [0.15, 0.2) is 0 Å². The third kappa shape index (κ3) is 5.97. The number of halogens is 3. The third-order valence-electron chi connectivity index (χ3n) is 6.77. The van der Waals surface area contributed by atoms with Gasteiger partial charge >= 0.3 is 12.1 Å². The summed E-state index contributed by atoms with van der Waals surface area (Å²) in [6.07, 6.45) is -3.91. The number of hydrogen-bond donors (Lipinski definition) is 1. The van der Waals surface area contributed by atoms with Crippen molar-refractivity contribution < 1.29 is 32.3 Å². The normalized spacial score (nSPS) is 13.6. The molecule has 2 heterocycles. The molecule has 2 aromatic carbocycles. The summed E-state index contributed by atoms with van der Waals surface area (Å²) in [5, 5.41) is 7.44. The number of fused-ring (bicyclic) bond motifs is 1. The van der Waals surface area contributed by atoms with Crippen molar-refractivity contribution in [2.45, 2.75) is 52.0 Å². The van der Waals surface area contributed by atoms with Gasteiger partial charge in [-0.25, -0.2) is 9.48 Å². The third-order valence-corrected chi connectivity index (χ3v) is 6.77. The average Bonchev–Trinajstić information content (AvgIpc) is 3.44. The molecular weight excluding hydrogens is 513 g/mol. The number of benzene rings is 2. The van der Waals surface area contributed by atoms with Crippen LogP contribution in [0.3, 0.4) is 0 Å². The highest BCUT2D eigenvalue weighted by Gasteiger charge is 2.34. The number of nitrogens with one attached hydrogen (secondary N) is 1. The SMILES string of the molecule is COC(=O)c1ccc([C@H](C)NC(=O)c2c(C)nn3c2N(Cc2ccc(CCC=O)c(C(F)(F)F)c2)CC3)cc1. The minimum Gasteiger partial charge on any atom is -0.465 e. The van der Waals surface area contributed by atoms with Crippen LogP contribution in [-0.4, -0.2) is 41.6 Å². The predicted molar refractivity (Wildman–Crippen MR) is 138 cm³/mol. The van der Waals surface area contributed by atoms with E-state index in [1.54, 1.807) is 41.9 Å². The molecule has 1 atom stereocenters. The standard InChI is InChI=1S/C28H29F3N4O4/c1-17(20-8-10-22(11-9-20)27(38)39-3)32-25(37)24-18(2)33-35-13-12-34(26(24)35)16-19-6-7-21(5-4-14-36)23(15-19)28(29,30)31/h6-11,14-15,17H,4-5,12-13,16H2,1-3H3,(H,32,37)/t17-/m0/s1. The lowest BCUT2D eigenvalue weighted by molar-refractivity contribution is -0.138. The number of aldehydes is 1. The van der Waals surface area contributed by atoms with Gasteiger partial charge in [-0.15, -0.1) is 0 Å². The van der Waals surface area contributed by atoms with Gasteiger partial charge in [0.2, 0.25) is 0 Å². The summed E-state index contributed by atoms with van der Waals surface area (Å²) in [4.78, 5) is 37.6. The number of ether oxygens (including phenoxy) is 1. The maximum absolute atomic E-state index is 13.7. The number of esters is 1.